The summed E-state index contributed by atoms with van der Waals surface area (Å²) in [5, 5.41) is 8.10. The molecule has 3 amide bonds. The molecule has 0 bridgehead atoms. The van der Waals surface area contributed by atoms with Gasteiger partial charge in [-0.25, -0.2) is 0 Å². The van der Waals surface area contributed by atoms with Gasteiger partial charge >= 0.3 is 0 Å². The number of amides is 3. The molecule has 2 rings (SSSR count). The van der Waals surface area contributed by atoms with Gasteiger partial charge in [0.05, 0.1) is 5.92 Å². The van der Waals surface area contributed by atoms with E-state index >= 15 is 0 Å². The number of hydrogen-bond donors (Lipinski definition) is 3. The molecule has 2 aliphatic heterocycles. The molecule has 6 nitrogen and oxygen atoms in total. The van der Waals surface area contributed by atoms with Crippen molar-refractivity contribution in [1.29, 1.82) is 0 Å². The maximum atomic E-state index is 11.9. The van der Waals surface area contributed by atoms with Crippen LogP contribution in [0.2, 0.25) is 0 Å². The fourth-order valence-electron chi connectivity index (χ4n) is 2.20. The quantitative estimate of drug-likeness (QED) is 0.534. The molecular formula is C11H17N3O3. The molecule has 1 unspecified atom stereocenters. The van der Waals surface area contributed by atoms with E-state index in [1.165, 1.54) is 0 Å². The molecule has 2 heterocycles. The molecule has 0 spiro atoms. The van der Waals surface area contributed by atoms with E-state index in [1.54, 1.807) is 0 Å². The fourth-order valence-corrected chi connectivity index (χ4v) is 2.20. The zero-order valence-electron chi connectivity index (χ0n) is 9.62. The van der Waals surface area contributed by atoms with E-state index < -0.39 is 11.9 Å². The standard InChI is InChI=1S/C11H17N3O3/c15-9-4-3-8(11(17)14-9)13-10(16)7-2-1-5-12-6-7/h7-8,12H,1-6H2,(H,13,16)(H,14,15,17)/t7-,8?/m0/s1. The van der Waals surface area contributed by atoms with Gasteiger partial charge in [0.1, 0.15) is 6.04 Å². The zero-order chi connectivity index (χ0) is 12.3. The molecule has 0 aromatic rings. The van der Waals surface area contributed by atoms with E-state index in [1.807, 2.05) is 0 Å². The highest BCUT2D eigenvalue weighted by Crippen LogP contribution is 2.11. The summed E-state index contributed by atoms with van der Waals surface area (Å²) >= 11 is 0. The second-order valence-electron chi connectivity index (χ2n) is 4.56. The third-order valence-corrected chi connectivity index (χ3v) is 3.22. The molecule has 2 saturated heterocycles. The van der Waals surface area contributed by atoms with Gasteiger partial charge in [0.15, 0.2) is 0 Å². The topological polar surface area (TPSA) is 87.3 Å². The van der Waals surface area contributed by atoms with Gasteiger partial charge in [0.2, 0.25) is 17.7 Å². The number of imide groups is 1. The van der Waals surface area contributed by atoms with Crippen molar-refractivity contribution < 1.29 is 14.4 Å². The van der Waals surface area contributed by atoms with Crippen molar-refractivity contribution in [3.63, 3.8) is 0 Å². The summed E-state index contributed by atoms with van der Waals surface area (Å²) < 4.78 is 0. The molecule has 3 N–H and O–H groups in total. The smallest absolute Gasteiger partial charge is 0.249 e. The maximum absolute atomic E-state index is 11.9. The van der Waals surface area contributed by atoms with Crippen molar-refractivity contribution in [3.8, 4) is 0 Å². The van der Waals surface area contributed by atoms with Crippen LogP contribution in [0.15, 0.2) is 0 Å². The average molecular weight is 239 g/mol. The maximum Gasteiger partial charge on any atom is 0.249 e. The molecule has 17 heavy (non-hydrogen) atoms. The molecule has 0 radical (unpaired) electrons. The molecule has 2 atom stereocenters. The Hall–Kier alpha value is -1.43. The highest BCUT2D eigenvalue weighted by molar-refractivity contribution is 6.01. The van der Waals surface area contributed by atoms with Gasteiger partial charge in [-0.3, -0.25) is 19.7 Å². The van der Waals surface area contributed by atoms with E-state index in [0.717, 1.165) is 19.4 Å². The second-order valence-corrected chi connectivity index (χ2v) is 4.56. The van der Waals surface area contributed by atoms with Gasteiger partial charge in [0, 0.05) is 13.0 Å². The van der Waals surface area contributed by atoms with Crippen LogP contribution in [0.3, 0.4) is 0 Å². The molecule has 0 aromatic carbocycles. The summed E-state index contributed by atoms with van der Waals surface area (Å²) in [5.74, 6) is -0.806. The number of carbonyl (C=O) groups excluding carboxylic acids is 3. The van der Waals surface area contributed by atoms with Crippen LogP contribution in [0.5, 0.6) is 0 Å². The predicted octanol–water partition coefficient (Wildman–Crippen LogP) is -1.09. The molecule has 2 aliphatic rings. The molecule has 0 aliphatic carbocycles. The first kappa shape index (κ1) is 12.0. The lowest BCUT2D eigenvalue weighted by Crippen LogP contribution is -2.54. The number of rotatable bonds is 2. The summed E-state index contributed by atoms with van der Waals surface area (Å²) in [5.41, 5.74) is 0. The van der Waals surface area contributed by atoms with Gasteiger partial charge in [-0.1, -0.05) is 0 Å². The lowest BCUT2D eigenvalue weighted by molar-refractivity contribution is -0.138. The Bertz CT molecular complexity index is 337. The van der Waals surface area contributed by atoms with E-state index in [-0.39, 0.29) is 17.7 Å². The van der Waals surface area contributed by atoms with E-state index in [0.29, 0.717) is 19.4 Å². The zero-order valence-corrected chi connectivity index (χ0v) is 9.62. The number of nitrogens with one attached hydrogen (secondary N) is 3. The van der Waals surface area contributed by atoms with E-state index in [2.05, 4.69) is 16.0 Å². The Morgan fingerprint density at radius 3 is 2.76 bits per heavy atom. The largest absolute Gasteiger partial charge is 0.344 e. The van der Waals surface area contributed by atoms with Gasteiger partial charge < -0.3 is 10.6 Å². The number of carbonyl (C=O) groups is 3. The SMILES string of the molecule is O=C1CCC(NC(=O)[C@H]2CCCNC2)C(=O)N1. The minimum Gasteiger partial charge on any atom is -0.344 e. The van der Waals surface area contributed by atoms with Crippen molar-refractivity contribution in [3.05, 3.63) is 0 Å². The Balaban J connectivity index is 1.85. The minimum atomic E-state index is -0.554. The van der Waals surface area contributed by atoms with Crippen molar-refractivity contribution in [2.45, 2.75) is 31.7 Å². The van der Waals surface area contributed by atoms with Crippen molar-refractivity contribution >= 4 is 17.7 Å². The highest BCUT2D eigenvalue weighted by Gasteiger charge is 2.30. The van der Waals surface area contributed by atoms with Crippen LogP contribution in [0.1, 0.15) is 25.7 Å². The first-order chi connectivity index (χ1) is 8.16. The van der Waals surface area contributed by atoms with Crippen LogP contribution in [0.25, 0.3) is 0 Å². The van der Waals surface area contributed by atoms with Crippen molar-refractivity contribution in [2.75, 3.05) is 13.1 Å². The lowest BCUT2D eigenvalue weighted by atomic mass is 9.97. The number of piperidine rings is 2. The lowest BCUT2D eigenvalue weighted by Gasteiger charge is -2.26. The summed E-state index contributed by atoms with van der Waals surface area (Å²) in [6, 6.07) is -0.554. The molecule has 0 saturated carbocycles. The van der Waals surface area contributed by atoms with Crippen molar-refractivity contribution in [2.24, 2.45) is 5.92 Å². The van der Waals surface area contributed by atoms with Crippen LogP contribution in [0, 0.1) is 5.92 Å². The van der Waals surface area contributed by atoms with Crippen LogP contribution < -0.4 is 16.0 Å². The summed E-state index contributed by atoms with van der Waals surface area (Å²) in [6.07, 6.45) is 2.52. The minimum absolute atomic E-state index is 0.0609. The summed E-state index contributed by atoms with van der Waals surface area (Å²) in [6.45, 7) is 1.61. The molecule has 94 valence electrons. The Morgan fingerprint density at radius 1 is 1.29 bits per heavy atom. The fraction of sp³-hybridized carbons (Fsp3) is 0.727. The van der Waals surface area contributed by atoms with Gasteiger partial charge in [0.25, 0.3) is 0 Å². The monoisotopic (exact) mass is 239 g/mol. The first-order valence-electron chi connectivity index (χ1n) is 6.01. The van der Waals surface area contributed by atoms with Crippen LogP contribution >= 0.6 is 0 Å². The van der Waals surface area contributed by atoms with E-state index in [4.69, 9.17) is 0 Å². The third-order valence-electron chi connectivity index (χ3n) is 3.22. The van der Waals surface area contributed by atoms with Gasteiger partial charge in [-0.05, 0) is 25.8 Å². The van der Waals surface area contributed by atoms with Gasteiger partial charge in [-0.2, -0.15) is 0 Å². The third kappa shape index (κ3) is 3.03. The van der Waals surface area contributed by atoms with Gasteiger partial charge in [-0.15, -0.1) is 0 Å². The highest BCUT2D eigenvalue weighted by atomic mass is 16.2. The Kier molecular flexibility index (Phi) is 3.73. The van der Waals surface area contributed by atoms with Crippen molar-refractivity contribution in [1.82, 2.24) is 16.0 Å². The molecule has 2 fully saturated rings. The normalized spacial score (nSPS) is 29.6. The van der Waals surface area contributed by atoms with E-state index in [9.17, 15) is 14.4 Å². The second kappa shape index (κ2) is 5.27. The molecule has 6 heteroatoms. The van der Waals surface area contributed by atoms with Crippen LogP contribution in [-0.4, -0.2) is 36.9 Å². The average Bonchev–Trinajstić information content (AvgIpc) is 2.34. The Morgan fingerprint density at radius 2 is 2.12 bits per heavy atom. The molecule has 0 aromatic heterocycles. The predicted molar refractivity (Wildman–Crippen MR) is 59.9 cm³/mol. The molecular weight excluding hydrogens is 222 g/mol. The van der Waals surface area contributed by atoms with Crippen LogP contribution in [-0.2, 0) is 14.4 Å². The Labute approximate surface area is 99.5 Å². The first-order valence-corrected chi connectivity index (χ1v) is 6.01. The number of hydrogen-bond acceptors (Lipinski definition) is 4. The van der Waals surface area contributed by atoms with Crippen LogP contribution in [0.4, 0.5) is 0 Å². The summed E-state index contributed by atoms with van der Waals surface area (Å²) in [4.78, 5) is 34.3. The summed E-state index contributed by atoms with van der Waals surface area (Å²) in [7, 11) is 0.